The van der Waals surface area contributed by atoms with Gasteiger partial charge in [0, 0.05) is 17.1 Å². The minimum Gasteiger partial charge on any atom is -0.300 e. The molecule has 0 spiro atoms. The van der Waals surface area contributed by atoms with Crippen LogP contribution in [-0.4, -0.2) is 27.3 Å². The molecule has 2 unspecified atom stereocenters. The number of aromatic nitrogens is 2. The summed E-state index contributed by atoms with van der Waals surface area (Å²) in [5, 5.41) is 13.9. The van der Waals surface area contributed by atoms with Crippen molar-refractivity contribution in [3.8, 4) is 6.07 Å². The van der Waals surface area contributed by atoms with E-state index in [1.807, 2.05) is 19.9 Å². The monoisotopic (exact) mass is 262 g/mol. The number of aryl methyl sites for hydroxylation is 1. The summed E-state index contributed by atoms with van der Waals surface area (Å²) in [6.45, 7) is 4.85. The van der Waals surface area contributed by atoms with Gasteiger partial charge < -0.3 is 0 Å². The standard InChI is InChI=1S/C13H18N4S/c1-3-16-13(9-14)6-4-11(8-13)18-12-15-7-5-10(2)17-12/h5,7,11,16H,3-4,6,8H2,1-2H3. The van der Waals surface area contributed by atoms with E-state index in [0.717, 1.165) is 36.7 Å². The zero-order valence-electron chi connectivity index (χ0n) is 10.8. The number of nitriles is 1. The highest BCUT2D eigenvalue weighted by molar-refractivity contribution is 7.99. The van der Waals surface area contributed by atoms with Crippen molar-refractivity contribution in [3.05, 3.63) is 18.0 Å². The van der Waals surface area contributed by atoms with E-state index in [1.165, 1.54) is 0 Å². The van der Waals surface area contributed by atoms with Crippen LogP contribution in [0.4, 0.5) is 0 Å². The molecule has 1 aromatic heterocycles. The van der Waals surface area contributed by atoms with Crippen molar-refractivity contribution < 1.29 is 0 Å². The molecule has 1 heterocycles. The van der Waals surface area contributed by atoms with Crippen molar-refractivity contribution in [1.29, 1.82) is 5.26 Å². The number of hydrogen-bond acceptors (Lipinski definition) is 5. The van der Waals surface area contributed by atoms with Crippen LogP contribution in [0, 0.1) is 18.3 Å². The Morgan fingerprint density at radius 2 is 2.50 bits per heavy atom. The average molecular weight is 262 g/mol. The fraction of sp³-hybridized carbons (Fsp3) is 0.615. The van der Waals surface area contributed by atoms with E-state index < -0.39 is 0 Å². The number of thioether (sulfide) groups is 1. The molecule has 0 aromatic carbocycles. The molecule has 1 N–H and O–H groups in total. The molecule has 1 saturated carbocycles. The maximum atomic E-state index is 9.32. The van der Waals surface area contributed by atoms with E-state index >= 15 is 0 Å². The molecule has 18 heavy (non-hydrogen) atoms. The molecule has 1 aliphatic carbocycles. The summed E-state index contributed by atoms with van der Waals surface area (Å²) in [5.74, 6) is 0. The van der Waals surface area contributed by atoms with E-state index in [-0.39, 0.29) is 5.54 Å². The molecule has 1 aliphatic rings. The molecular weight excluding hydrogens is 244 g/mol. The topological polar surface area (TPSA) is 61.6 Å². The quantitative estimate of drug-likeness (QED) is 0.844. The van der Waals surface area contributed by atoms with Crippen LogP contribution in [0.2, 0.25) is 0 Å². The first-order valence-corrected chi connectivity index (χ1v) is 7.18. The fourth-order valence-corrected chi connectivity index (χ4v) is 3.59. The second kappa shape index (κ2) is 5.68. The normalized spacial score (nSPS) is 27.1. The lowest BCUT2D eigenvalue weighted by Crippen LogP contribution is -2.41. The Morgan fingerprint density at radius 3 is 3.17 bits per heavy atom. The van der Waals surface area contributed by atoms with Crippen LogP contribution < -0.4 is 5.32 Å². The smallest absolute Gasteiger partial charge is 0.187 e. The highest BCUT2D eigenvalue weighted by Gasteiger charge is 2.39. The summed E-state index contributed by atoms with van der Waals surface area (Å²) in [5.41, 5.74) is 0.652. The average Bonchev–Trinajstić information content (AvgIpc) is 2.74. The van der Waals surface area contributed by atoms with Gasteiger partial charge in [0.05, 0.1) is 6.07 Å². The van der Waals surface area contributed by atoms with Gasteiger partial charge in [-0.3, -0.25) is 5.32 Å². The Bertz CT molecular complexity index is 457. The predicted molar refractivity (Wildman–Crippen MR) is 72.3 cm³/mol. The Labute approximate surface area is 112 Å². The molecule has 96 valence electrons. The highest BCUT2D eigenvalue weighted by atomic mass is 32.2. The predicted octanol–water partition coefficient (Wildman–Crippen LogP) is 2.30. The van der Waals surface area contributed by atoms with Crippen LogP contribution in [0.1, 0.15) is 31.9 Å². The van der Waals surface area contributed by atoms with E-state index in [2.05, 4.69) is 21.4 Å². The van der Waals surface area contributed by atoms with Crippen molar-refractivity contribution in [2.75, 3.05) is 6.54 Å². The van der Waals surface area contributed by atoms with Crippen molar-refractivity contribution in [1.82, 2.24) is 15.3 Å². The molecule has 1 fully saturated rings. The Balaban J connectivity index is 1.99. The van der Waals surface area contributed by atoms with Crippen molar-refractivity contribution in [2.24, 2.45) is 0 Å². The first kappa shape index (κ1) is 13.3. The van der Waals surface area contributed by atoms with Gasteiger partial charge in [-0.1, -0.05) is 18.7 Å². The van der Waals surface area contributed by atoms with Crippen LogP contribution in [0.15, 0.2) is 17.4 Å². The van der Waals surface area contributed by atoms with Crippen LogP contribution in [0.5, 0.6) is 0 Å². The largest absolute Gasteiger partial charge is 0.300 e. The van der Waals surface area contributed by atoms with E-state index in [0.29, 0.717) is 5.25 Å². The summed E-state index contributed by atoms with van der Waals surface area (Å²) in [6.07, 6.45) is 4.63. The number of nitrogens with zero attached hydrogens (tertiary/aromatic N) is 3. The van der Waals surface area contributed by atoms with Crippen LogP contribution in [-0.2, 0) is 0 Å². The summed E-state index contributed by atoms with van der Waals surface area (Å²) in [7, 11) is 0. The lowest BCUT2D eigenvalue weighted by molar-refractivity contribution is 0.436. The van der Waals surface area contributed by atoms with Crippen molar-refractivity contribution >= 4 is 11.8 Å². The molecule has 0 amide bonds. The molecule has 2 atom stereocenters. The van der Waals surface area contributed by atoms with E-state index in [4.69, 9.17) is 0 Å². The third-order valence-corrected chi connectivity index (χ3v) is 4.39. The van der Waals surface area contributed by atoms with Gasteiger partial charge in [0.15, 0.2) is 5.16 Å². The van der Waals surface area contributed by atoms with Gasteiger partial charge >= 0.3 is 0 Å². The molecule has 1 aromatic rings. The lowest BCUT2D eigenvalue weighted by atomic mass is 10.0. The maximum Gasteiger partial charge on any atom is 0.187 e. The lowest BCUT2D eigenvalue weighted by Gasteiger charge is -2.21. The first-order chi connectivity index (χ1) is 8.67. The molecule has 0 saturated heterocycles. The second-order valence-corrected chi connectivity index (χ2v) is 5.96. The Morgan fingerprint density at radius 1 is 1.67 bits per heavy atom. The Kier molecular flexibility index (Phi) is 4.20. The molecule has 0 radical (unpaired) electrons. The van der Waals surface area contributed by atoms with E-state index in [9.17, 15) is 5.26 Å². The Hall–Kier alpha value is -1.12. The van der Waals surface area contributed by atoms with Gasteiger partial charge in [-0.25, -0.2) is 9.97 Å². The summed E-state index contributed by atoms with van der Waals surface area (Å²) < 4.78 is 0. The fourth-order valence-electron chi connectivity index (χ4n) is 2.37. The van der Waals surface area contributed by atoms with Gasteiger partial charge in [0.2, 0.25) is 0 Å². The van der Waals surface area contributed by atoms with Crippen LogP contribution in [0.25, 0.3) is 0 Å². The molecule has 0 bridgehead atoms. The third-order valence-electron chi connectivity index (χ3n) is 3.24. The van der Waals surface area contributed by atoms with Gasteiger partial charge in [-0.05, 0) is 38.8 Å². The van der Waals surface area contributed by atoms with Gasteiger partial charge in [0.25, 0.3) is 0 Å². The second-order valence-electron chi connectivity index (χ2n) is 4.69. The third kappa shape index (κ3) is 3.01. The van der Waals surface area contributed by atoms with Gasteiger partial charge in [0.1, 0.15) is 5.54 Å². The molecule has 5 heteroatoms. The van der Waals surface area contributed by atoms with Crippen molar-refractivity contribution in [3.63, 3.8) is 0 Å². The number of hydrogen-bond donors (Lipinski definition) is 1. The van der Waals surface area contributed by atoms with Crippen molar-refractivity contribution in [2.45, 2.75) is 49.1 Å². The van der Waals surface area contributed by atoms with Crippen LogP contribution in [0.3, 0.4) is 0 Å². The minimum atomic E-state index is -0.337. The summed E-state index contributed by atoms with van der Waals surface area (Å²) in [6, 6.07) is 4.34. The maximum absolute atomic E-state index is 9.32. The summed E-state index contributed by atoms with van der Waals surface area (Å²) >= 11 is 1.70. The molecule has 0 aliphatic heterocycles. The molecule has 2 rings (SSSR count). The highest BCUT2D eigenvalue weighted by Crippen LogP contribution is 2.38. The van der Waals surface area contributed by atoms with Crippen LogP contribution >= 0.6 is 11.8 Å². The number of rotatable bonds is 4. The zero-order chi connectivity index (χ0) is 13.0. The summed E-state index contributed by atoms with van der Waals surface area (Å²) in [4.78, 5) is 8.68. The number of nitrogens with one attached hydrogen (secondary N) is 1. The van der Waals surface area contributed by atoms with E-state index in [1.54, 1.807) is 18.0 Å². The molecule has 4 nitrogen and oxygen atoms in total. The zero-order valence-corrected chi connectivity index (χ0v) is 11.6. The molecular formula is C13H18N4S. The minimum absolute atomic E-state index is 0.337. The van der Waals surface area contributed by atoms with Gasteiger partial charge in [-0.15, -0.1) is 0 Å². The SMILES string of the molecule is CCNC1(C#N)CCC(Sc2nccc(C)n2)C1. The van der Waals surface area contributed by atoms with Gasteiger partial charge in [-0.2, -0.15) is 5.26 Å². The first-order valence-electron chi connectivity index (χ1n) is 6.30.